The molecule has 1 amide bonds. The monoisotopic (exact) mass is 253 g/mol. The van der Waals surface area contributed by atoms with Crippen LogP contribution in [-0.2, 0) is 4.79 Å². The van der Waals surface area contributed by atoms with E-state index in [1.54, 1.807) is 13.3 Å². The molecule has 1 aromatic heterocycles. The van der Waals surface area contributed by atoms with Gasteiger partial charge in [-0.15, -0.1) is 0 Å². The number of hydrogen-bond donors (Lipinski definition) is 2. The van der Waals surface area contributed by atoms with Gasteiger partial charge in [0.25, 0.3) is 0 Å². The summed E-state index contributed by atoms with van der Waals surface area (Å²) >= 11 is 0. The quantitative estimate of drug-likeness (QED) is 0.725. The number of amides is 1. The first-order valence-electron chi connectivity index (χ1n) is 6.41. The molecule has 0 aliphatic heterocycles. The van der Waals surface area contributed by atoms with Crippen molar-refractivity contribution >= 4 is 5.91 Å². The number of rotatable bonds is 8. The van der Waals surface area contributed by atoms with Crippen molar-refractivity contribution < 1.29 is 9.21 Å². The standard InChI is InChI=1S/C13H23N3O2/c1-4-16(5-2)11(12-7-6-8-18-12)9-15-13(17)10-14-3/h6-8,11,14H,4-5,9-10H2,1-3H3,(H,15,17). The van der Waals surface area contributed by atoms with E-state index in [0.29, 0.717) is 13.1 Å². The van der Waals surface area contributed by atoms with Gasteiger partial charge in [-0.2, -0.15) is 0 Å². The van der Waals surface area contributed by atoms with E-state index in [1.165, 1.54) is 0 Å². The van der Waals surface area contributed by atoms with E-state index in [-0.39, 0.29) is 11.9 Å². The van der Waals surface area contributed by atoms with E-state index in [2.05, 4.69) is 29.4 Å². The Hall–Kier alpha value is -1.33. The lowest BCUT2D eigenvalue weighted by molar-refractivity contribution is -0.120. The molecule has 0 radical (unpaired) electrons. The lowest BCUT2D eigenvalue weighted by Gasteiger charge is -2.28. The van der Waals surface area contributed by atoms with Crippen LogP contribution in [0.3, 0.4) is 0 Å². The van der Waals surface area contributed by atoms with Gasteiger partial charge in [-0.05, 0) is 32.3 Å². The molecule has 0 fully saturated rings. The second kappa shape index (κ2) is 7.89. The topological polar surface area (TPSA) is 57.5 Å². The smallest absolute Gasteiger partial charge is 0.234 e. The lowest BCUT2D eigenvalue weighted by Crippen LogP contribution is -2.40. The van der Waals surface area contributed by atoms with Gasteiger partial charge in [0.05, 0.1) is 18.8 Å². The third-order valence-corrected chi connectivity index (χ3v) is 2.95. The Bertz CT molecular complexity index is 334. The molecule has 0 saturated carbocycles. The molecule has 1 rings (SSSR count). The fourth-order valence-electron chi connectivity index (χ4n) is 1.99. The first kappa shape index (κ1) is 14.7. The van der Waals surface area contributed by atoms with Crippen LogP contribution >= 0.6 is 0 Å². The Kier molecular flexibility index (Phi) is 6.46. The highest BCUT2D eigenvalue weighted by Gasteiger charge is 2.20. The van der Waals surface area contributed by atoms with E-state index in [0.717, 1.165) is 18.8 Å². The fraction of sp³-hybridized carbons (Fsp3) is 0.615. The van der Waals surface area contributed by atoms with E-state index < -0.39 is 0 Å². The predicted molar refractivity (Wildman–Crippen MR) is 71.3 cm³/mol. The minimum absolute atomic E-state index is 0.00112. The van der Waals surface area contributed by atoms with Crippen LogP contribution in [0.2, 0.25) is 0 Å². The van der Waals surface area contributed by atoms with E-state index in [4.69, 9.17) is 4.42 Å². The lowest BCUT2D eigenvalue weighted by atomic mass is 10.2. The van der Waals surface area contributed by atoms with Crippen molar-refractivity contribution in [2.24, 2.45) is 0 Å². The van der Waals surface area contributed by atoms with Crippen LogP contribution in [0.1, 0.15) is 25.6 Å². The van der Waals surface area contributed by atoms with Crippen LogP contribution in [0.5, 0.6) is 0 Å². The number of hydrogen-bond acceptors (Lipinski definition) is 4. The summed E-state index contributed by atoms with van der Waals surface area (Å²) in [7, 11) is 1.76. The molecule has 0 aromatic carbocycles. The van der Waals surface area contributed by atoms with Crippen molar-refractivity contribution in [2.45, 2.75) is 19.9 Å². The minimum atomic E-state index is 0.00112. The van der Waals surface area contributed by atoms with Crippen LogP contribution < -0.4 is 10.6 Å². The molecular weight excluding hydrogens is 230 g/mol. The molecule has 0 saturated heterocycles. The average molecular weight is 253 g/mol. The van der Waals surface area contributed by atoms with Gasteiger partial charge in [0.15, 0.2) is 0 Å². The molecule has 2 N–H and O–H groups in total. The summed E-state index contributed by atoms with van der Waals surface area (Å²) in [6.07, 6.45) is 1.67. The van der Waals surface area contributed by atoms with Crippen molar-refractivity contribution in [3.63, 3.8) is 0 Å². The molecule has 1 unspecified atom stereocenters. The van der Waals surface area contributed by atoms with Gasteiger partial charge < -0.3 is 15.1 Å². The molecule has 102 valence electrons. The zero-order chi connectivity index (χ0) is 13.4. The highest BCUT2D eigenvalue weighted by atomic mass is 16.3. The van der Waals surface area contributed by atoms with Crippen LogP contribution in [0.4, 0.5) is 0 Å². The van der Waals surface area contributed by atoms with E-state index >= 15 is 0 Å². The number of likely N-dealkylation sites (N-methyl/N-ethyl adjacent to an activating group) is 2. The SMILES string of the molecule is CCN(CC)C(CNC(=O)CNC)c1ccco1. The van der Waals surface area contributed by atoms with E-state index in [1.807, 2.05) is 12.1 Å². The Labute approximate surface area is 109 Å². The summed E-state index contributed by atoms with van der Waals surface area (Å²) < 4.78 is 5.46. The van der Waals surface area contributed by atoms with Crippen LogP contribution in [0, 0.1) is 0 Å². The molecule has 0 spiro atoms. The first-order chi connectivity index (χ1) is 8.72. The first-order valence-corrected chi connectivity index (χ1v) is 6.41. The molecule has 1 heterocycles. The maximum absolute atomic E-state index is 11.5. The average Bonchev–Trinajstić information content (AvgIpc) is 2.88. The molecule has 0 bridgehead atoms. The highest BCUT2D eigenvalue weighted by Crippen LogP contribution is 2.19. The summed E-state index contributed by atoms with van der Waals surface area (Å²) in [5, 5.41) is 5.75. The molecular formula is C13H23N3O2. The largest absolute Gasteiger partial charge is 0.468 e. The van der Waals surface area contributed by atoms with Crippen molar-refractivity contribution in [1.29, 1.82) is 0 Å². The Morgan fingerprint density at radius 3 is 2.67 bits per heavy atom. The third kappa shape index (κ3) is 4.16. The van der Waals surface area contributed by atoms with Gasteiger partial charge in [-0.3, -0.25) is 9.69 Å². The van der Waals surface area contributed by atoms with Gasteiger partial charge in [0, 0.05) is 6.54 Å². The van der Waals surface area contributed by atoms with Gasteiger partial charge in [-0.25, -0.2) is 0 Å². The van der Waals surface area contributed by atoms with Crippen molar-refractivity contribution in [3.8, 4) is 0 Å². The van der Waals surface area contributed by atoms with Gasteiger partial charge in [0.2, 0.25) is 5.91 Å². The number of carbonyl (C=O) groups excluding carboxylic acids is 1. The summed E-state index contributed by atoms with van der Waals surface area (Å²) in [5.41, 5.74) is 0. The second-order valence-electron chi connectivity index (χ2n) is 4.09. The maximum Gasteiger partial charge on any atom is 0.234 e. The fourth-order valence-corrected chi connectivity index (χ4v) is 1.99. The molecule has 1 aromatic rings. The van der Waals surface area contributed by atoms with Crippen LogP contribution in [0.25, 0.3) is 0 Å². The number of nitrogens with one attached hydrogen (secondary N) is 2. The maximum atomic E-state index is 11.5. The van der Waals surface area contributed by atoms with Crippen molar-refractivity contribution in [2.75, 3.05) is 33.2 Å². The van der Waals surface area contributed by atoms with Crippen molar-refractivity contribution in [1.82, 2.24) is 15.5 Å². The zero-order valence-electron chi connectivity index (χ0n) is 11.4. The molecule has 0 aliphatic rings. The van der Waals surface area contributed by atoms with Crippen molar-refractivity contribution in [3.05, 3.63) is 24.2 Å². The van der Waals surface area contributed by atoms with E-state index in [9.17, 15) is 4.79 Å². The molecule has 5 nitrogen and oxygen atoms in total. The molecule has 1 atom stereocenters. The summed E-state index contributed by atoms with van der Waals surface area (Å²) in [5.74, 6) is 0.893. The van der Waals surface area contributed by atoms with Crippen LogP contribution in [-0.4, -0.2) is 44.0 Å². The molecule has 0 aliphatic carbocycles. The predicted octanol–water partition coefficient (Wildman–Crippen LogP) is 0.998. The van der Waals surface area contributed by atoms with Gasteiger partial charge in [-0.1, -0.05) is 13.8 Å². The third-order valence-electron chi connectivity index (χ3n) is 2.95. The Balaban J connectivity index is 2.64. The number of nitrogens with zero attached hydrogens (tertiary/aromatic N) is 1. The second-order valence-corrected chi connectivity index (χ2v) is 4.09. The summed E-state index contributed by atoms with van der Waals surface area (Å²) in [6, 6.07) is 3.92. The summed E-state index contributed by atoms with van der Waals surface area (Å²) in [6.45, 7) is 6.95. The normalized spacial score (nSPS) is 12.7. The van der Waals surface area contributed by atoms with Gasteiger partial charge >= 0.3 is 0 Å². The Morgan fingerprint density at radius 2 is 2.17 bits per heavy atom. The zero-order valence-corrected chi connectivity index (χ0v) is 11.4. The summed E-state index contributed by atoms with van der Waals surface area (Å²) in [4.78, 5) is 13.8. The molecule has 18 heavy (non-hydrogen) atoms. The number of furan rings is 1. The van der Waals surface area contributed by atoms with Gasteiger partial charge in [0.1, 0.15) is 5.76 Å². The Morgan fingerprint density at radius 1 is 1.44 bits per heavy atom. The molecule has 5 heteroatoms. The number of carbonyl (C=O) groups is 1. The highest BCUT2D eigenvalue weighted by molar-refractivity contribution is 5.77. The minimum Gasteiger partial charge on any atom is -0.468 e. The van der Waals surface area contributed by atoms with Crippen LogP contribution in [0.15, 0.2) is 22.8 Å².